The Morgan fingerprint density at radius 1 is 0.774 bits per heavy atom. The molecule has 7 heteroatoms. The van der Waals surface area contributed by atoms with Gasteiger partial charge >= 0.3 is 0 Å². The Hall–Kier alpha value is -2.11. The summed E-state index contributed by atoms with van der Waals surface area (Å²) in [6, 6.07) is 25.2. The van der Waals surface area contributed by atoms with Gasteiger partial charge < -0.3 is 4.90 Å². The third kappa shape index (κ3) is 6.94. The molecule has 0 aliphatic carbocycles. The number of rotatable bonds is 5. The average Bonchev–Trinajstić information content (AvgIpc) is 2.79. The Balaban J connectivity index is 0.000000330. The molecule has 1 fully saturated rings. The fourth-order valence-corrected chi connectivity index (χ4v) is 4.28. The minimum Gasteiger partial charge on any atom is -0.368 e. The maximum absolute atomic E-state index is 10.9. The highest BCUT2D eigenvalue weighted by Crippen LogP contribution is 2.31. The number of anilines is 1. The van der Waals surface area contributed by atoms with Gasteiger partial charge in [-0.05, 0) is 35.9 Å². The Bertz CT molecular complexity index is 949. The average molecular weight is 477 g/mol. The summed E-state index contributed by atoms with van der Waals surface area (Å²) in [7, 11) is 0. The van der Waals surface area contributed by atoms with Crippen molar-refractivity contribution in [1.29, 1.82) is 0 Å². The number of hydrogen-bond donors (Lipinski definition) is 0. The monoisotopic (exact) mass is 475 g/mol. The molecule has 1 aliphatic heterocycles. The normalized spacial score (nSPS) is 15.0. The molecule has 1 aliphatic rings. The summed E-state index contributed by atoms with van der Waals surface area (Å²) in [6.45, 7) is 3.68. The zero-order chi connectivity index (χ0) is 22.1. The molecule has 4 nitrogen and oxygen atoms in total. The fourth-order valence-electron chi connectivity index (χ4n) is 3.60. The second kappa shape index (κ2) is 12.1. The summed E-state index contributed by atoms with van der Waals surface area (Å²) >= 11 is 17.8. The van der Waals surface area contributed by atoms with Crippen molar-refractivity contribution in [2.24, 2.45) is 5.18 Å². The molecule has 1 atom stereocenters. The van der Waals surface area contributed by atoms with E-state index >= 15 is 0 Å². The molecule has 0 amide bonds. The van der Waals surface area contributed by atoms with E-state index in [2.05, 4.69) is 27.1 Å². The molecule has 0 bridgehead atoms. The van der Waals surface area contributed by atoms with Gasteiger partial charge in [0.05, 0.1) is 16.8 Å². The number of piperazine rings is 1. The minimum atomic E-state index is 0.0338. The van der Waals surface area contributed by atoms with E-state index in [0.717, 1.165) is 42.5 Å². The molecule has 0 unspecified atom stereocenters. The lowest BCUT2D eigenvalue weighted by Gasteiger charge is -2.40. The molecule has 0 N–H and O–H groups in total. The molecule has 3 aromatic carbocycles. The first-order chi connectivity index (χ1) is 15.1. The van der Waals surface area contributed by atoms with Gasteiger partial charge in [-0.2, -0.15) is 4.91 Å². The van der Waals surface area contributed by atoms with E-state index in [9.17, 15) is 4.91 Å². The Labute approximate surface area is 198 Å². The van der Waals surface area contributed by atoms with E-state index in [-0.39, 0.29) is 12.6 Å². The van der Waals surface area contributed by atoms with Crippen LogP contribution in [0.2, 0.25) is 15.1 Å². The highest BCUT2D eigenvalue weighted by Gasteiger charge is 2.26. The zero-order valence-electron chi connectivity index (χ0n) is 17.0. The van der Waals surface area contributed by atoms with Crippen molar-refractivity contribution in [3.8, 4) is 0 Å². The maximum atomic E-state index is 10.9. The maximum Gasteiger partial charge on any atom is 0.101 e. The SMILES string of the molecule is Clc1ccccc1.O=NC[C@H](c1ccccc1)N1CCN(c2ccc(Cl)cc2Cl)CC1. The van der Waals surface area contributed by atoms with Crippen molar-refractivity contribution >= 4 is 40.5 Å². The van der Waals surface area contributed by atoms with Crippen LogP contribution < -0.4 is 4.90 Å². The highest BCUT2D eigenvalue weighted by atomic mass is 35.5. The van der Waals surface area contributed by atoms with E-state index in [1.54, 1.807) is 6.07 Å². The van der Waals surface area contributed by atoms with Crippen LogP contribution in [-0.4, -0.2) is 37.6 Å². The fraction of sp³-hybridized carbons (Fsp3) is 0.250. The standard InChI is InChI=1S/C18H19Cl2N3O.C6H5Cl/c19-15-6-7-17(16(20)12-15)22-8-10-23(11-9-22)18(13-21-24)14-4-2-1-3-5-14;7-6-4-2-1-3-5-6/h1-7,12,18H,8-11,13H2;1-5H/t18-;/m1./s1. The summed E-state index contributed by atoms with van der Waals surface area (Å²) in [4.78, 5) is 15.4. The zero-order valence-corrected chi connectivity index (χ0v) is 19.3. The van der Waals surface area contributed by atoms with Crippen LogP contribution in [0.3, 0.4) is 0 Å². The topological polar surface area (TPSA) is 35.9 Å². The van der Waals surface area contributed by atoms with Gasteiger partial charge in [-0.3, -0.25) is 4.90 Å². The predicted molar refractivity (Wildman–Crippen MR) is 132 cm³/mol. The summed E-state index contributed by atoms with van der Waals surface area (Å²) in [6.07, 6.45) is 0. The van der Waals surface area contributed by atoms with Crippen LogP contribution in [-0.2, 0) is 0 Å². The number of hydrogen-bond acceptors (Lipinski definition) is 4. The first kappa shape index (κ1) is 23.6. The van der Waals surface area contributed by atoms with Gasteiger partial charge in [0.25, 0.3) is 0 Å². The summed E-state index contributed by atoms with van der Waals surface area (Å²) in [5.41, 5.74) is 2.14. The molecule has 3 aromatic rings. The van der Waals surface area contributed by atoms with Crippen LogP contribution in [0.4, 0.5) is 5.69 Å². The lowest BCUT2D eigenvalue weighted by atomic mass is 10.0. The Morgan fingerprint density at radius 3 is 1.90 bits per heavy atom. The molecule has 0 aromatic heterocycles. The predicted octanol–water partition coefficient (Wildman–Crippen LogP) is 6.96. The van der Waals surface area contributed by atoms with Gasteiger partial charge in [0.15, 0.2) is 0 Å². The largest absolute Gasteiger partial charge is 0.368 e. The highest BCUT2D eigenvalue weighted by molar-refractivity contribution is 6.36. The van der Waals surface area contributed by atoms with E-state index in [0.29, 0.717) is 10.0 Å². The van der Waals surface area contributed by atoms with E-state index in [1.807, 2.05) is 60.7 Å². The molecule has 0 radical (unpaired) electrons. The molecule has 1 heterocycles. The van der Waals surface area contributed by atoms with Crippen molar-refractivity contribution in [2.45, 2.75) is 6.04 Å². The van der Waals surface area contributed by atoms with Gasteiger partial charge in [0.2, 0.25) is 0 Å². The van der Waals surface area contributed by atoms with Crippen molar-refractivity contribution in [3.05, 3.63) is 104 Å². The molecular formula is C24H24Cl3N3O. The number of halogens is 3. The third-order valence-corrected chi connectivity index (χ3v) is 5.96. The van der Waals surface area contributed by atoms with Crippen LogP contribution in [0.25, 0.3) is 0 Å². The van der Waals surface area contributed by atoms with Gasteiger partial charge in [0, 0.05) is 36.2 Å². The smallest absolute Gasteiger partial charge is 0.101 e. The van der Waals surface area contributed by atoms with Gasteiger partial charge in [-0.25, -0.2) is 0 Å². The molecule has 31 heavy (non-hydrogen) atoms. The number of nitrogens with zero attached hydrogens (tertiary/aromatic N) is 3. The van der Waals surface area contributed by atoms with Crippen molar-refractivity contribution in [1.82, 2.24) is 4.90 Å². The first-order valence-electron chi connectivity index (χ1n) is 10.1. The summed E-state index contributed by atoms with van der Waals surface area (Å²) in [5, 5.41) is 5.26. The lowest BCUT2D eigenvalue weighted by molar-refractivity contribution is 0.190. The number of nitroso groups, excluding NO2 is 1. The molecule has 1 saturated heterocycles. The van der Waals surface area contributed by atoms with Crippen molar-refractivity contribution in [3.63, 3.8) is 0 Å². The van der Waals surface area contributed by atoms with E-state index in [1.165, 1.54) is 0 Å². The van der Waals surface area contributed by atoms with Crippen molar-refractivity contribution in [2.75, 3.05) is 37.6 Å². The third-order valence-electron chi connectivity index (χ3n) is 5.17. The Kier molecular flexibility index (Phi) is 9.16. The first-order valence-corrected chi connectivity index (χ1v) is 11.2. The molecular weight excluding hydrogens is 453 g/mol. The van der Waals surface area contributed by atoms with Gasteiger partial charge in [0.1, 0.15) is 6.54 Å². The van der Waals surface area contributed by atoms with E-state index in [4.69, 9.17) is 34.8 Å². The summed E-state index contributed by atoms with van der Waals surface area (Å²) in [5.74, 6) is 0. The molecule has 4 rings (SSSR count). The van der Waals surface area contributed by atoms with E-state index < -0.39 is 0 Å². The van der Waals surface area contributed by atoms with Crippen LogP contribution in [0, 0.1) is 4.91 Å². The van der Waals surface area contributed by atoms with Crippen molar-refractivity contribution < 1.29 is 0 Å². The van der Waals surface area contributed by atoms with Crippen LogP contribution in [0.5, 0.6) is 0 Å². The van der Waals surface area contributed by atoms with Gasteiger partial charge in [-0.1, -0.05) is 88.5 Å². The van der Waals surface area contributed by atoms with Crippen LogP contribution in [0.15, 0.2) is 84.0 Å². The number of benzene rings is 3. The second-order valence-corrected chi connectivity index (χ2v) is 8.43. The Morgan fingerprint density at radius 2 is 1.39 bits per heavy atom. The van der Waals surface area contributed by atoms with Crippen LogP contribution in [0.1, 0.15) is 11.6 Å². The van der Waals surface area contributed by atoms with Crippen LogP contribution >= 0.6 is 34.8 Å². The quantitative estimate of drug-likeness (QED) is 0.373. The minimum absolute atomic E-state index is 0.0338. The molecule has 162 valence electrons. The molecule has 0 saturated carbocycles. The second-order valence-electron chi connectivity index (χ2n) is 7.15. The molecule has 0 spiro atoms. The summed E-state index contributed by atoms with van der Waals surface area (Å²) < 4.78 is 0. The lowest BCUT2D eigenvalue weighted by Crippen LogP contribution is -2.48. The van der Waals surface area contributed by atoms with Gasteiger partial charge in [-0.15, -0.1) is 0 Å².